The van der Waals surface area contributed by atoms with Crippen molar-refractivity contribution in [2.24, 2.45) is 0 Å². The highest BCUT2D eigenvalue weighted by Gasteiger charge is 2.29. The third kappa shape index (κ3) is 4.36. The zero-order valence-corrected chi connectivity index (χ0v) is 16.9. The number of likely N-dealkylation sites (tertiary alicyclic amines) is 1. The number of benzene rings is 1. The molecule has 3 heterocycles. The molecule has 6 nitrogen and oxygen atoms in total. The number of fused-ring (bicyclic) bond motifs is 1. The number of rotatable bonds is 4. The van der Waals surface area contributed by atoms with E-state index in [0.717, 1.165) is 62.8 Å². The first-order chi connectivity index (χ1) is 13.1. The molecule has 2 aliphatic rings. The maximum Gasteiger partial charge on any atom is 0.223 e. The van der Waals surface area contributed by atoms with Gasteiger partial charge in [0.25, 0.3) is 0 Å². The molecule has 1 unspecified atom stereocenters. The van der Waals surface area contributed by atoms with E-state index in [9.17, 15) is 9.18 Å². The summed E-state index contributed by atoms with van der Waals surface area (Å²) in [7, 11) is 0. The zero-order valence-electron chi connectivity index (χ0n) is 16.1. The lowest BCUT2D eigenvalue weighted by Gasteiger charge is -2.32. The SMILES string of the molecule is CC(CC(=O)N1CCC(c2nnc3n2CCNC3)CC1)c1cccc(F)c1.Cl. The lowest BCUT2D eigenvalue weighted by atomic mass is 9.93. The lowest BCUT2D eigenvalue weighted by Crippen LogP contribution is -2.39. The Hall–Kier alpha value is -1.99. The molecule has 1 aromatic carbocycles. The van der Waals surface area contributed by atoms with Gasteiger partial charge in [-0.1, -0.05) is 19.1 Å². The molecule has 2 aliphatic heterocycles. The van der Waals surface area contributed by atoms with Gasteiger partial charge in [-0.2, -0.15) is 0 Å². The van der Waals surface area contributed by atoms with Crippen LogP contribution in [-0.4, -0.2) is 45.2 Å². The van der Waals surface area contributed by atoms with Crippen LogP contribution in [0.3, 0.4) is 0 Å². The van der Waals surface area contributed by atoms with Crippen LogP contribution in [0.15, 0.2) is 24.3 Å². The Morgan fingerprint density at radius 1 is 1.29 bits per heavy atom. The Kier molecular flexibility index (Phi) is 6.67. The number of carbonyl (C=O) groups excluding carboxylic acids is 1. The van der Waals surface area contributed by atoms with Crippen molar-refractivity contribution in [1.29, 1.82) is 0 Å². The standard InChI is InChI=1S/C20H26FN5O.ClH/c1-14(16-3-2-4-17(21)12-16)11-19(27)25-8-5-15(6-9-25)20-24-23-18-13-22-7-10-26(18)20;/h2-4,12,14-15,22H,5-11,13H2,1H3;1H. The molecule has 0 spiro atoms. The summed E-state index contributed by atoms with van der Waals surface area (Å²) in [4.78, 5) is 14.6. The third-order valence-electron chi connectivity index (χ3n) is 5.76. The van der Waals surface area contributed by atoms with Gasteiger partial charge in [-0.15, -0.1) is 22.6 Å². The first-order valence-electron chi connectivity index (χ1n) is 9.77. The van der Waals surface area contributed by atoms with Gasteiger partial charge in [0.1, 0.15) is 17.5 Å². The van der Waals surface area contributed by atoms with Crippen LogP contribution in [0, 0.1) is 5.82 Å². The van der Waals surface area contributed by atoms with E-state index in [1.54, 1.807) is 6.07 Å². The van der Waals surface area contributed by atoms with Gasteiger partial charge in [-0.25, -0.2) is 4.39 Å². The topological polar surface area (TPSA) is 63.1 Å². The molecule has 0 aliphatic carbocycles. The summed E-state index contributed by atoms with van der Waals surface area (Å²) in [5.74, 6) is 2.37. The molecule has 28 heavy (non-hydrogen) atoms. The van der Waals surface area contributed by atoms with Gasteiger partial charge in [0.05, 0.1) is 6.54 Å². The number of nitrogens with one attached hydrogen (secondary N) is 1. The van der Waals surface area contributed by atoms with Crippen LogP contribution in [0.1, 0.15) is 55.2 Å². The minimum atomic E-state index is -0.251. The molecule has 4 rings (SSSR count). The van der Waals surface area contributed by atoms with Crippen molar-refractivity contribution < 1.29 is 9.18 Å². The van der Waals surface area contributed by atoms with E-state index in [-0.39, 0.29) is 30.0 Å². The van der Waals surface area contributed by atoms with Gasteiger partial charge < -0.3 is 14.8 Å². The Labute approximate surface area is 170 Å². The fraction of sp³-hybridized carbons (Fsp3) is 0.550. The fourth-order valence-corrected chi connectivity index (χ4v) is 4.13. The second kappa shape index (κ2) is 9.01. The Balaban J connectivity index is 0.00000225. The third-order valence-corrected chi connectivity index (χ3v) is 5.76. The van der Waals surface area contributed by atoms with E-state index in [2.05, 4.69) is 20.1 Å². The Morgan fingerprint density at radius 3 is 2.82 bits per heavy atom. The molecule has 2 aromatic rings. The van der Waals surface area contributed by atoms with Crippen molar-refractivity contribution in [2.75, 3.05) is 19.6 Å². The summed E-state index contributed by atoms with van der Waals surface area (Å²) in [5.41, 5.74) is 0.877. The summed E-state index contributed by atoms with van der Waals surface area (Å²) in [5, 5.41) is 12.0. The average Bonchev–Trinajstić information content (AvgIpc) is 3.12. The van der Waals surface area contributed by atoms with Crippen LogP contribution >= 0.6 is 12.4 Å². The molecular formula is C20H27ClFN5O. The largest absolute Gasteiger partial charge is 0.343 e. The molecule has 8 heteroatoms. The molecular weight excluding hydrogens is 381 g/mol. The normalized spacial score (nSPS) is 18.3. The van der Waals surface area contributed by atoms with Crippen molar-refractivity contribution in [1.82, 2.24) is 25.0 Å². The predicted molar refractivity (Wildman–Crippen MR) is 107 cm³/mol. The van der Waals surface area contributed by atoms with Gasteiger partial charge in [0.2, 0.25) is 5.91 Å². The summed E-state index contributed by atoms with van der Waals surface area (Å²) in [6.45, 7) is 6.13. The van der Waals surface area contributed by atoms with Gasteiger partial charge in [0, 0.05) is 38.5 Å². The second-order valence-corrected chi connectivity index (χ2v) is 7.62. The van der Waals surface area contributed by atoms with E-state index in [1.165, 1.54) is 12.1 Å². The summed E-state index contributed by atoms with van der Waals surface area (Å²) >= 11 is 0. The van der Waals surface area contributed by atoms with Crippen molar-refractivity contribution in [3.63, 3.8) is 0 Å². The molecule has 1 N–H and O–H groups in total. The smallest absolute Gasteiger partial charge is 0.223 e. The van der Waals surface area contributed by atoms with E-state index in [1.807, 2.05) is 17.9 Å². The molecule has 1 amide bonds. The van der Waals surface area contributed by atoms with E-state index >= 15 is 0 Å². The highest BCUT2D eigenvalue weighted by atomic mass is 35.5. The molecule has 1 fully saturated rings. The number of hydrogen-bond donors (Lipinski definition) is 1. The first kappa shape index (κ1) is 20.7. The number of halogens is 2. The van der Waals surface area contributed by atoms with Crippen LogP contribution in [0.2, 0.25) is 0 Å². The first-order valence-corrected chi connectivity index (χ1v) is 9.77. The minimum Gasteiger partial charge on any atom is -0.343 e. The second-order valence-electron chi connectivity index (χ2n) is 7.62. The molecule has 0 bridgehead atoms. The molecule has 1 saturated heterocycles. The average molecular weight is 408 g/mol. The highest BCUT2D eigenvalue weighted by Crippen LogP contribution is 2.29. The quantitative estimate of drug-likeness (QED) is 0.846. The summed E-state index contributed by atoms with van der Waals surface area (Å²) in [6.07, 6.45) is 2.26. The molecule has 1 atom stereocenters. The van der Waals surface area contributed by atoms with Gasteiger partial charge in [0.15, 0.2) is 0 Å². The van der Waals surface area contributed by atoms with Crippen LogP contribution in [0.5, 0.6) is 0 Å². The van der Waals surface area contributed by atoms with Crippen LogP contribution < -0.4 is 5.32 Å². The van der Waals surface area contributed by atoms with Crippen molar-refractivity contribution in [3.8, 4) is 0 Å². The number of nitrogens with zero attached hydrogens (tertiary/aromatic N) is 4. The highest BCUT2D eigenvalue weighted by molar-refractivity contribution is 5.85. The summed E-state index contributed by atoms with van der Waals surface area (Å²) in [6, 6.07) is 6.54. The number of hydrogen-bond acceptors (Lipinski definition) is 4. The monoisotopic (exact) mass is 407 g/mol. The predicted octanol–water partition coefficient (Wildman–Crippen LogP) is 2.84. The van der Waals surface area contributed by atoms with Gasteiger partial charge >= 0.3 is 0 Å². The van der Waals surface area contributed by atoms with Crippen LogP contribution in [0.25, 0.3) is 0 Å². The minimum absolute atomic E-state index is 0. The number of carbonyl (C=O) groups is 1. The number of piperidine rings is 1. The fourth-order valence-electron chi connectivity index (χ4n) is 4.13. The number of amides is 1. The maximum absolute atomic E-state index is 13.4. The molecule has 1 aromatic heterocycles. The van der Waals surface area contributed by atoms with Crippen LogP contribution in [-0.2, 0) is 17.9 Å². The molecule has 0 saturated carbocycles. The van der Waals surface area contributed by atoms with Crippen molar-refractivity contribution in [3.05, 3.63) is 47.3 Å². The Morgan fingerprint density at radius 2 is 2.07 bits per heavy atom. The molecule has 0 radical (unpaired) electrons. The zero-order chi connectivity index (χ0) is 18.8. The van der Waals surface area contributed by atoms with Crippen LogP contribution in [0.4, 0.5) is 4.39 Å². The maximum atomic E-state index is 13.4. The van der Waals surface area contributed by atoms with Crippen molar-refractivity contribution in [2.45, 2.75) is 51.1 Å². The lowest BCUT2D eigenvalue weighted by molar-refractivity contribution is -0.132. The Bertz CT molecular complexity index is 819. The van der Waals surface area contributed by atoms with E-state index in [4.69, 9.17) is 0 Å². The summed E-state index contributed by atoms with van der Waals surface area (Å²) < 4.78 is 15.6. The van der Waals surface area contributed by atoms with E-state index in [0.29, 0.717) is 12.3 Å². The van der Waals surface area contributed by atoms with Gasteiger partial charge in [-0.05, 0) is 36.5 Å². The molecule has 152 valence electrons. The van der Waals surface area contributed by atoms with Gasteiger partial charge in [-0.3, -0.25) is 4.79 Å². The number of aromatic nitrogens is 3. The van der Waals surface area contributed by atoms with Crippen molar-refractivity contribution >= 4 is 18.3 Å². The van der Waals surface area contributed by atoms with E-state index < -0.39 is 0 Å².